The highest BCUT2D eigenvalue weighted by molar-refractivity contribution is 5.94. The van der Waals surface area contributed by atoms with Crippen LogP contribution >= 0.6 is 0 Å². The molecular formula is C12H14F2N2O3. The summed E-state index contributed by atoms with van der Waals surface area (Å²) in [5, 5.41) is 2.47. The monoisotopic (exact) mass is 272 g/mol. The van der Waals surface area contributed by atoms with Gasteiger partial charge in [-0.1, -0.05) is 0 Å². The summed E-state index contributed by atoms with van der Waals surface area (Å²) < 4.78 is 37.0. The van der Waals surface area contributed by atoms with Crippen molar-refractivity contribution in [2.24, 2.45) is 0 Å². The number of carbonyl (C=O) groups is 1. The van der Waals surface area contributed by atoms with Crippen molar-refractivity contribution in [3.05, 3.63) is 29.6 Å². The molecule has 104 valence electrons. The maximum atomic E-state index is 13.3. The highest BCUT2D eigenvalue weighted by Crippen LogP contribution is 2.21. The molecule has 19 heavy (non-hydrogen) atoms. The number of aromatic nitrogens is 1. The first-order valence-electron chi connectivity index (χ1n) is 5.79. The fourth-order valence-electron chi connectivity index (χ4n) is 1.76. The van der Waals surface area contributed by atoms with E-state index in [2.05, 4.69) is 10.3 Å². The molecule has 1 saturated heterocycles. The van der Waals surface area contributed by atoms with Crippen LogP contribution < -0.4 is 5.32 Å². The van der Waals surface area contributed by atoms with Crippen molar-refractivity contribution in [3.8, 4) is 0 Å². The Hall–Kier alpha value is -1.60. The molecule has 1 N–H and O–H groups in total. The lowest BCUT2D eigenvalue weighted by molar-refractivity contribution is -0.137. The zero-order valence-electron chi connectivity index (χ0n) is 10.6. The number of halogens is 2. The van der Waals surface area contributed by atoms with E-state index in [1.165, 1.54) is 0 Å². The largest absolute Gasteiger partial charge is 0.349 e. The summed E-state index contributed by atoms with van der Waals surface area (Å²) in [6, 6.07) is 1.11. The Balaban J connectivity index is 1.93. The van der Waals surface area contributed by atoms with Crippen molar-refractivity contribution in [1.82, 2.24) is 10.3 Å². The van der Waals surface area contributed by atoms with Crippen LogP contribution in [0.15, 0.2) is 12.3 Å². The Labute approximate surface area is 108 Å². The third kappa shape index (κ3) is 3.24. The van der Waals surface area contributed by atoms with Gasteiger partial charge in [-0.3, -0.25) is 4.79 Å². The Morgan fingerprint density at radius 2 is 2.32 bits per heavy atom. The van der Waals surface area contributed by atoms with E-state index in [0.29, 0.717) is 6.61 Å². The molecule has 1 aliphatic rings. The molecule has 2 rings (SSSR count). The van der Waals surface area contributed by atoms with Crippen molar-refractivity contribution in [3.63, 3.8) is 0 Å². The van der Waals surface area contributed by atoms with Crippen molar-refractivity contribution in [1.29, 1.82) is 0 Å². The summed E-state index contributed by atoms with van der Waals surface area (Å²) in [7, 11) is 0. The maximum Gasteiger partial charge on any atom is 0.254 e. The van der Waals surface area contributed by atoms with Gasteiger partial charge in [0.15, 0.2) is 11.6 Å². The SMILES string of the molecule is CC1(C)OCC(CNC(=O)c2ccnc(F)c2F)O1. The summed E-state index contributed by atoms with van der Waals surface area (Å²) in [5.74, 6) is -3.96. The number of nitrogens with one attached hydrogen (secondary N) is 1. The molecular weight excluding hydrogens is 258 g/mol. The fourth-order valence-corrected chi connectivity index (χ4v) is 1.76. The van der Waals surface area contributed by atoms with E-state index in [0.717, 1.165) is 12.3 Å². The first-order chi connectivity index (χ1) is 8.89. The minimum atomic E-state index is -1.30. The molecule has 0 aromatic carbocycles. The molecule has 0 saturated carbocycles. The van der Waals surface area contributed by atoms with E-state index in [4.69, 9.17) is 9.47 Å². The number of hydrogen-bond acceptors (Lipinski definition) is 4. The fraction of sp³-hybridized carbons (Fsp3) is 0.500. The van der Waals surface area contributed by atoms with Gasteiger partial charge in [0, 0.05) is 12.7 Å². The number of rotatable bonds is 3. The van der Waals surface area contributed by atoms with E-state index >= 15 is 0 Å². The summed E-state index contributed by atoms with van der Waals surface area (Å²) in [6.45, 7) is 4.01. The normalized spacial score (nSPS) is 21.4. The van der Waals surface area contributed by atoms with E-state index in [1.54, 1.807) is 13.8 Å². The Morgan fingerprint density at radius 1 is 1.58 bits per heavy atom. The van der Waals surface area contributed by atoms with Gasteiger partial charge in [-0.15, -0.1) is 0 Å². The van der Waals surface area contributed by atoms with Gasteiger partial charge in [0.1, 0.15) is 6.10 Å². The van der Waals surface area contributed by atoms with E-state index in [9.17, 15) is 13.6 Å². The van der Waals surface area contributed by atoms with Gasteiger partial charge < -0.3 is 14.8 Å². The first-order valence-corrected chi connectivity index (χ1v) is 5.79. The molecule has 1 fully saturated rings. The smallest absolute Gasteiger partial charge is 0.254 e. The van der Waals surface area contributed by atoms with Gasteiger partial charge in [-0.05, 0) is 19.9 Å². The number of nitrogens with zero attached hydrogens (tertiary/aromatic N) is 1. The number of hydrogen-bond donors (Lipinski definition) is 1. The van der Waals surface area contributed by atoms with Crippen molar-refractivity contribution < 1.29 is 23.0 Å². The van der Waals surface area contributed by atoms with Gasteiger partial charge in [0.2, 0.25) is 5.95 Å². The van der Waals surface area contributed by atoms with Crippen molar-refractivity contribution >= 4 is 5.91 Å². The standard InChI is InChI=1S/C12H14F2N2O3/c1-12(2)18-6-7(19-12)5-16-11(17)8-3-4-15-10(14)9(8)13/h3-4,7H,5-6H2,1-2H3,(H,16,17). The Morgan fingerprint density at radius 3 is 2.95 bits per heavy atom. The zero-order chi connectivity index (χ0) is 14.0. The predicted molar refractivity (Wildman–Crippen MR) is 61.4 cm³/mol. The van der Waals surface area contributed by atoms with Gasteiger partial charge in [-0.2, -0.15) is 4.39 Å². The van der Waals surface area contributed by atoms with E-state index < -0.39 is 23.5 Å². The van der Waals surface area contributed by atoms with Crippen molar-refractivity contribution in [2.45, 2.75) is 25.7 Å². The first kappa shape index (κ1) is 13.8. The molecule has 1 aromatic rings. The molecule has 0 aliphatic carbocycles. The number of ether oxygens (including phenoxy) is 2. The van der Waals surface area contributed by atoms with Crippen LogP contribution in [0.25, 0.3) is 0 Å². The third-order valence-electron chi connectivity index (χ3n) is 2.65. The quantitative estimate of drug-likeness (QED) is 0.841. The lowest BCUT2D eigenvalue weighted by Gasteiger charge is -2.17. The van der Waals surface area contributed by atoms with Crippen LogP contribution in [0.4, 0.5) is 8.78 Å². The van der Waals surface area contributed by atoms with Crippen LogP contribution in [0.3, 0.4) is 0 Å². The topological polar surface area (TPSA) is 60.5 Å². The van der Waals surface area contributed by atoms with Gasteiger partial charge >= 0.3 is 0 Å². The minimum absolute atomic E-state index is 0.158. The molecule has 1 atom stereocenters. The molecule has 1 amide bonds. The molecule has 7 heteroatoms. The number of amides is 1. The average molecular weight is 272 g/mol. The Bertz CT molecular complexity index is 494. The van der Waals surface area contributed by atoms with Crippen LogP contribution in [0.5, 0.6) is 0 Å². The maximum absolute atomic E-state index is 13.3. The molecule has 0 spiro atoms. The minimum Gasteiger partial charge on any atom is -0.349 e. The molecule has 2 heterocycles. The van der Waals surface area contributed by atoms with Crippen LogP contribution in [-0.2, 0) is 9.47 Å². The molecule has 1 unspecified atom stereocenters. The number of pyridine rings is 1. The second-order valence-corrected chi connectivity index (χ2v) is 4.62. The Kier molecular flexibility index (Phi) is 3.77. The van der Waals surface area contributed by atoms with E-state index in [1.807, 2.05) is 0 Å². The number of carbonyl (C=O) groups excluding carboxylic acids is 1. The lowest BCUT2D eigenvalue weighted by atomic mass is 10.2. The summed E-state index contributed by atoms with van der Waals surface area (Å²) in [6.07, 6.45) is 0.722. The summed E-state index contributed by atoms with van der Waals surface area (Å²) in [5.41, 5.74) is -0.384. The van der Waals surface area contributed by atoms with Crippen LogP contribution in [0, 0.1) is 11.8 Å². The molecule has 5 nitrogen and oxygen atoms in total. The van der Waals surface area contributed by atoms with Crippen LogP contribution in [-0.4, -0.2) is 35.9 Å². The van der Waals surface area contributed by atoms with Gasteiger partial charge in [0.05, 0.1) is 12.2 Å². The van der Waals surface area contributed by atoms with E-state index in [-0.39, 0.29) is 18.2 Å². The van der Waals surface area contributed by atoms with Crippen LogP contribution in [0.2, 0.25) is 0 Å². The van der Waals surface area contributed by atoms with Gasteiger partial charge in [-0.25, -0.2) is 9.37 Å². The molecule has 1 aliphatic heterocycles. The summed E-state index contributed by atoms with van der Waals surface area (Å²) in [4.78, 5) is 14.8. The zero-order valence-corrected chi connectivity index (χ0v) is 10.6. The second kappa shape index (κ2) is 5.18. The van der Waals surface area contributed by atoms with Gasteiger partial charge in [0.25, 0.3) is 5.91 Å². The third-order valence-corrected chi connectivity index (χ3v) is 2.65. The highest BCUT2D eigenvalue weighted by Gasteiger charge is 2.32. The summed E-state index contributed by atoms with van der Waals surface area (Å²) >= 11 is 0. The van der Waals surface area contributed by atoms with Crippen molar-refractivity contribution in [2.75, 3.05) is 13.2 Å². The molecule has 0 radical (unpaired) electrons. The molecule has 1 aromatic heterocycles. The second-order valence-electron chi connectivity index (χ2n) is 4.62. The van der Waals surface area contributed by atoms with Crippen LogP contribution in [0.1, 0.15) is 24.2 Å². The average Bonchev–Trinajstić information content (AvgIpc) is 2.69. The lowest BCUT2D eigenvalue weighted by Crippen LogP contribution is -2.35. The predicted octanol–water partition coefficient (Wildman–Crippen LogP) is 1.24. The molecule has 0 bridgehead atoms. The highest BCUT2D eigenvalue weighted by atomic mass is 19.2.